The zero-order valence-electron chi connectivity index (χ0n) is 10.1. The summed E-state index contributed by atoms with van der Waals surface area (Å²) in [4.78, 5) is 0. The van der Waals surface area contributed by atoms with E-state index in [1.807, 2.05) is 36.4 Å². The minimum atomic E-state index is -1.15. The summed E-state index contributed by atoms with van der Waals surface area (Å²) in [6.07, 6.45) is 5.66. The third kappa shape index (κ3) is 1.28. The molecule has 2 atom stereocenters. The number of aliphatic hydroxyl groups is 1. The molecule has 0 spiro atoms. The van der Waals surface area contributed by atoms with Crippen LogP contribution >= 0.6 is 0 Å². The molecular formula is C15H16O2. The van der Waals surface area contributed by atoms with Crippen molar-refractivity contribution in [3.05, 3.63) is 59.7 Å². The average Bonchev–Trinajstić information content (AvgIpc) is 2.97. The van der Waals surface area contributed by atoms with Gasteiger partial charge in [-0.05, 0) is 23.1 Å². The van der Waals surface area contributed by atoms with Crippen LogP contribution in [0, 0.1) is 5.92 Å². The van der Waals surface area contributed by atoms with Gasteiger partial charge in [-0.2, -0.15) is 0 Å². The zero-order chi connectivity index (χ0) is 12.1. The Morgan fingerprint density at radius 2 is 1.88 bits per heavy atom. The lowest BCUT2D eigenvalue weighted by atomic mass is 9.78. The predicted molar refractivity (Wildman–Crippen MR) is 66.2 cm³/mol. The number of allylic oxidation sites excluding steroid dienone is 2. The highest BCUT2D eigenvalue weighted by atomic mass is 16.7. The molecule has 0 amide bonds. The quantitative estimate of drug-likeness (QED) is 0.789. The van der Waals surface area contributed by atoms with Crippen molar-refractivity contribution in [2.24, 2.45) is 5.92 Å². The minimum Gasteiger partial charge on any atom is -0.359 e. The molecule has 17 heavy (non-hydrogen) atoms. The Morgan fingerprint density at radius 1 is 1.18 bits per heavy atom. The lowest BCUT2D eigenvalue weighted by molar-refractivity contribution is 0.0825. The number of fused-ring (bicyclic) bond motifs is 1. The maximum atomic E-state index is 10.4. The van der Waals surface area contributed by atoms with Gasteiger partial charge in [-0.1, -0.05) is 56.3 Å². The highest BCUT2D eigenvalue weighted by Gasteiger charge is 2.72. The molecule has 88 valence electrons. The largest absolute Gasteiger partial charge is 0.359 e. The first-order valence-corrected chi connectivity index (χ1v) is 5.98. The van der Waals surface area contributed by atoms with Gasteiger partial charge in [0, 0.05) is 0 Å². The Bertz CT molecular complexity index is 501. The fourth-order valence-electron chi connectivity index (χ4n) is 2.73. The van der Waals surface area contributed by atoms with Gasteiger partial charge < -0.3 is 9.84 Å². The molecule has 1 saturated heterocycles. The van der Waals surface area contributed by atoms with Crippen molar-refractivity contribution in [3.63, 3.8) is 0 Å². The summed E-state index contributed by atoms with van der Waals surface area (Å²) in [7, 11) is 0. The molecule has 2 nitrogen and oxygen atoms in total. The first-order chi connectivity index (χ1) is 8.10. The van der Waals surface area contributed by atoms with Crippen molar-refractivity contribution in [3.8, 4) is 0 Å². The molecular weight excluding hydrogens is 212 g/mol. The van der Waals surface area contributed by atoms with E-state index in [4.69, 9.17) is 4.74 Å². The van der Waals surface area contributed by atoms with E-state index in [9.17, 15) is 5.11 Å². The van der Waals surface area contributed by atoms with Gasteiger partial charge in [-0.3, -0.25) is 0 Å². The van der Waals surface area contributed by atoms with Crippen molar-refractivity contribution in [1.29, 1.82) is 0 Å². The molecule has 1 N–H and O–H groups in total. The summed E-state index contributed by atoms with van der Waals surface area (Å²) < 4.78 is 5.71. The first kappa shape index (κ1) is 10.8. The van der Waals surface area contributed by atoms with Crippen molar-refractivity contribution in [2.45, 2.75) is 25.2 Å². The van der Waals surface area contributed by atoms with E-state index in [2.05, 4.69) is 19.9 Å². The maximum Gasteiger partial charge on any atom is 0.225 e. The van der Waals surface area contributed by atoms with Crippen LogP contribution in [0.4, 0.5) is 0 Å². The van der Waals surface area contributed by atoms with Gasteiger partial charge >= 0.3 is 0 Å². The Kier molecular flexibility index (Phi) is 2.09. The van der Waals surface area contributed by atoms with E-state index >= 15 is 0 Å². The summed E-state index contributed by atoms with van der Waals surface area (Å²) in [5, 5.41) is 10.4. The highest BCUT2D eigenvalue weighted by Crippen LogP contribution is 2.62. The topological polar surface area (TPSA) is 32.8 Å². The molecule has 2 aliphatic rings. The van der Waals surface area contributed by atoms with Gasteiger partial charge in [-0.25, -0.2) is 0 Å². The second-order valence-corrected chi connectivity index (χ2v) is 4.98. The Hall–Kier alpha value is -1.38. The van der Waals surface area contributed by atoms with Crippen LogP contribution in [-0.2, 0) is 10.3 Å². The zero-order valence-corrected chi connectivity index (χ0v) is 10.1. The van der Waals surface area contributed by atoms with Crippen molar-refractivity contribution in [1.82, 2.24) is 0 Å². The molecule has 1 aromatic carbocycles. The van der Waals surface area contributed by atoms with Crippen molar-refractivity contribution < 1.29 is 9.84 Å². The van der Waals surface area contributed by atoms with E-state index in [-0.39, 0.29) is 0 Å². The summed E-state index contributed by atoms with van der Waals surface area (Å²) in [6, 6.07) is 9.94. The van der Waals surface area contributed by atoms with E-state index in [1.54, 1.807) is 6.08 Å². The van der Waals surface area contributed by atoms with E-state index in [0.717, 1.165) is 11.1 Å². The van der Waals surface area contributed by atoms with Crippen LogP contribution < -0.4 is 0 Å². The molecule has 2 unspecified atom stereocenters. The van der Waals surface area contributed by atoms with Crippen molar-refractivity contribution >= 4 is 0 Å². The number of epoxide rings is 1. The fraction of sp³-hybridized carbons (Fsp3) is 0.333. The third-order valence-corrected chi connectivity index (χ3v) is 3.58. The normalized spacial score (nSPS) is 34.5. The number of hydrogen-bond donors (Lipinski definition) is 1. The molecule has 1 heterocycles. The highest BCUT2D eigenvalue weighted by molar-refractivity contribution is 5.50. The van der Waals surface area contributed by atoms with Crippen molar-refractivity contribution in [2.75, 3.05) is 0 Å². The van der Waals surface area contributed by atoms with Gasteiger partial charge in [0.15, 0.2) is 5.60 Å². The number of hydrogen-bond acceptors (Lipinski definition) is 2. The van der Waals surface area contributed by atoms with E-state index < -0.39 is 11.4 Å². The number of ether oxygens (including phenoxy) is 1. The second-order valence-electron chi connectivity index (χ2n) is 4.98. The van der Waals surface area contributed by atoms with Crippen LogP contribution in [0.3, 0.4) is 0 Å². The Morgan fingerprint density at radius 3 is 2.53 bits per heavy atom. The fourth-order valence-corrected chi connectivity index (χ4v) is 2.73. The molecule has 1 aromatic rings. The Labute approximate surface area is 101 Å². The maximum absolute atomic E-state index is 10.4. The molecule has 1 aliphatic carbocycles. The molecule has 2 heteroatoms. The molecule has 1 fully saturated rings. The van der Waals surface area contributed by atoms with Gasteiger partial charge in [0.05, 0.1) is 0 Å². The van der Waals surface area contributed by atoms with Crippen LogP contribution in [0.1, 0.15) is 19.4 Å². The van der Waals surface area contributed by atoms with Crippen LogP contribution in [0.2, 0.25) is 0 Å². The lowest BCUT2D eigenvalue weighted by Crippen LogP contribution is -2.28. The van der Waals surface area contributed by atoms with Gasteiger partial charge in [0.2, 0.25) is 5.79 Å². The summed E-state index contributed by atoms with van der Waals surface area (Å²) in [5.74, 6) is -0.808. The average molecular weight is 228 g/mol. The van der Waals surface area contributed by atoms with Gasteiger partial charge in [0.1, 0.15) is 0 Å². The first-order valence-electron chi connectivity index (χ1n) is 5.98. The lowest BCUT2D eigenvalue weighted by Gasteiger charge is -2.23. The molecule has 3 rings (SSSR count). The third-order valence-electron chi connectivity index (χ3n) is 3.58. The standard InChI is InChI=1S/C15H16O2/c1-11(2)13-9-6-10-14(16)15(13,17-14)12-7-4-3-5-8-12/h3-11,16H,1-2H3. The second kappa shape index (κ2) is 3.31. The summed E-state index contributed by atoms with van der Waals surface area (Å²) in [6.45, 7) is 4.25. The molecule has 0 radical (unpaired) electrons. The molecule has 0 saturated carbocycles. The van der Waals surface area contributed by atoms with Crippen LogP contribution in [0.5, 0.6) is 0 Å². The van der Waals surface area contributed by atoms with Gasteiger partial charge in [-0.15, -0.1) is 0 Å². The molecule has 0 bridgehead atoms. The summed E-state index contributed by atoms with van der Waals surface area (Å²) in [5.41, 5.74) is 1.50. The number of benzene rings is 1. The van der Waals surface area contributed by atoms with Crippen LogP contribution in [0.15, 0.2) is 54.1 Å². The predicted octanol–water partition coefficient (Wildman–Crippen LogP) is 2.75. The smallest absolute Gasteiger partial charge is 0.225 e. The van der Waals surface area contributed by atoms with Crippen LogP contribution in [-0.4, -0.2) is 10.9 Å². The SMILES string of the molecule is CC(C)C1=CC=CC2(O)OC12c1ccccc1. The monoisotopic (exact) mass is 228 g/mol. The Balaban J connectivity index is 2.14. The van der Waals surface area contributed by atoms with E-state index in [1.165, 1.54) is 0 Å². The van der Waals surface area contributed by atoms with Gasteiger partial charge in [0.25, 0.3) is 0 Å². The number of rotatable bonds is 2. The summed E-state index contributed by atoms with van der Waals surface area (Å²) >= 11 is 0. The molecule has 0 aromatic heterocycles. The minimum absolute atomic E-state index is 0.342. The van der Waals surface area contributed by atoms with E-state index in [0.29, 0.717) is 5.92 Å². The molecule has 1 aliphatic heterocycles. The van der Waals surface area contributed by atoms with Crippen LogP contribution in [0.25, 0.3) is 0 Å².